The zero-order chi connectivity index (χ0) is 24.7. The number of hydrogen-bond acceptors (Lipinski definition) is 5. The third-order valence-corrected chi connectivity index (χ3v) is 6.65. The Hall–Kier alpha value is -3.17. The van der Waals surface area contributed by atoms with Gasteiger partial charge in [0, 0.05) is 10.6 Å². The maximum Gasteiger partial charge on any atom is 0.278 e. The number of aromatic nitrogens is 5. The van der Waals surface area contributed by atoms with E-state index in [1.165, 1.54) is 12.1 Å². The van der Waals surface area contributed by atoms with E-state index in [9.17, 15) is 9.18 Å². The van der Waals surface area contributed by atoms with Crippen molar-refractivity contribution in [1.82, 2.24) is 24.7 Å². The number of anilines is 1. The van der Waals surface area contributed by atoms with Crippen molar-refractivity contribution in [3.05, 3.63) is 79.4 Å². The van der Waals surface area contributed by atoms with Crippen molar-refractivity contribution >= 4 is 34.8 Å². The van der Waals surface area contributed by atoms with Crippen LogP contribution in [0.5, 0.6) is 0 Å². The summed E-state index contributed by atoms with van der Waals surface area (Å²) in [5.74, 6) is -0.314. The average molecular weight is 505 g/mol. The van der Waals surface area contributed by atoms with E-state index in [0.29, 0.717) is 50.6 Å². The molecule has 0 aliphatic heterocycles. The molecular formula is C23H23Cl2FN6O2. The summed E-state index contributed by atoms with van der Waals surface area (Å²) in [4.78, 5) is 13.2. The molecule has 8 nitrogen and oxygen atoms in total. The Labute approximate surface area is 205 Å². The van der Waals surface area contributed by atoms with Gasteiger partial charge in [-0.1, -0.05) is 34.4 Å². The van der Waals surface area contributed by atoms with Crippen LogP contribution in [0.1, 0.15) is 50.2 Å². The molecule has 0 bridgehead atoms. The number of aryl methyl sites for hydroxylation is 3. The second-order valence-electron chi connectivity index (χ2n) is 8.10. The SMILES string of the molecule is Cc1nn(Cc2c(C(=O)Nc3c(C)nn(Cc4ccc(F)cc4Cl)c3C)noc2C)c(C)c1Cl. The number of amides is 1. The molecule has 0 fully saturated rings. The van der Waals surface area contributed by atoms with E-state index >= 15 is 0 Å². The van der Waals surface area contributed by atoms with E-state index in [4.69, 9.17) is 27.7 Å². The van der Waals surface area contributed by atoms with E-state index in [-0.39, 0.29) is 12.2 Å². The molecular weight excluding hydrogens is 482 g/mol. The van der Waals surface area contributed by atoms with Gasteiger partial charge in [0.2, 0.25) is 0 Å². The second-order valence-corrected chi connectivity index (χ2v) is 8.89. The fourth-order valence-corrected chi connectivity index (χ4v) is 4.11. The minimum atomic E-state index is -0.426. The Morgan fingerprint density at radius 3 is 2.35 bits per heavy atom. The van der Waals surface area contributed by atoms with Gasteiger partial charge >= 0.3 is 0 Å². The first kappa shape index (κ1) is 24.0. The number of hydrogen-bond donors (Lipinski definition) is 1. The van der Waals surface area contributed by atoms with Crippen molar-refractivity contribution in [3.8, 4) is 0 Å². The molecule has 3 aromatic heterocycles. The van der Waals surface area contributed by atoms with Gasteiger partial charge in [-0.3, -0.25) is 14.2 Å². The number of nitrogens with one attached hydrogen (secondary N) is 1. The molecule has 34 heavy (non-hydrogen) atoms. The van der Waals surface area contributed by atoms with Gasteiger partial charge in [0.25, 0.3) is 5.91 Å². The summed E-state index contributed by atoms with van der Waals surface area (Å²) in [7, 11) is 0. The normalized spacial score (nSPS) is 11.3. The van der Waals surface area contributed by atoms with Crippen LogP contribution < -0.4 is 5.32 Å². The third-order valence-electron chi connectivity index (χ3n) is 5.76. The van der Waals surface area contributed by atoms with E-state index in [1.807, 2.05) is 20.8 Å². The van der Waals surface area contributed by atoms with Crippen LogP contribution in [0.15, 0.2) is 22.7 Å². The first-order chi connectivity index (χ1) is 16.1. The van der Waals surface area contributed by atoms with E-state index in [0.717, 1.165) is 11.4 Å². The highest BCUT2D eigenvalue weighted by molar-refractivity contribution is 6.32. The quantitative estimate of drug-likeness (QED) is 0.379. The van der Waals surface area contributed by atoms with Crippen LogP contribution in [0.3, 0.4) is 0 Å². The molecule has 0 saturated heterocycles. The lowest BCUT2D eigenvalue weighted by atomic mass is 10.1. The molecule has 0 saturated carbocycles. The number of rotatable bonds is 6. The monoisotopic (exact) mass is 504 g/mol. The molecule has 0 aliphatic carbocycles. The van der Waals surface area contributed by atoms with Gasteiger partial charge in [-0.2, -0.15) is 10.2 Å². The molecule has 4 rings (SSSR count). The first-order valence-electron chi connectivity index (χ1n) is 10.5. The van der Waals surface area contributed by atoms with Crippen molar-refractivity contribution in [3.63, 3.8) is 0 Å². The number of benzene rings is 1. The molecule has 4 aromatic rings. The Morgan fingerprint density at radius 1 is 1.03 bits per heavy atom. The minimum Gasteiger partial charge on any atom is -0.361 e. The highest BCUT2D eigenvalue weighted by Crippen LogP contribution is 2.26. The van der Waals surface area contributed by atoms with Crippen molar-refractivity contribution in [1.29, 1.82) is 0 Å². The van der Waals surface area contributed by atoms with Gasteiger partial charge in [-0.25, -0.2) is 4.39 Å². The van der Waals surface area contributed by atoms with E-state index < -0.39 is 11.7 Å². The molecule has 0 unspecified atom stereocenters. The van der Waals surface area contributed by atoms with Gasteiger partial charge in [-0.15, -0.1) is 0 Å². The highest BCUT2D eigenvalue weighted by atomic mass is 35.5. The van der Waals surface area contributed by atoms with E-state index in [2.05, 4.69) is 20.7 Å². The smallest absolute Gasteiger partial charge is 0.278 e. The maximum atomic E-state index is 13.4. The van der Waals surface area contributed by atoms with Crippen LogP contribution in [-0.2, 0) is 13.1 Å². The van der Waals surface area contributed by atoms with E-state index in [1.54, 1.807) is 29.3 Å². The van der Waals surface area contributed by atoms with Crippen LogP contribution in [0, 0.1) is 40.4 Å². The van der Waals surface area contributed by atoms with Crippen LogP contribution in [-0.4, -0.2) is 30.6 Å². The lowest BCUT2D eigenvalue weighted by molar-refractivity contribution is 0.101. The van der Waals surface area contributed by atoms with Crippen LogP contribution in [0.4, 0.5) is 10.1 Å². The third kappa shape index (κ3) is 4.45. The molecule has 178 valence electrons. The predicted octanol–water partition coefficient (Wildman–Crippen LogP) is 5.40. The predicted molar refractivity (Wildman–Crippen MR) is 127 cm³/mol. The second kappa shape index (κ2) is 9.23. The fourth-order valence-electron chi connectivity index (χ4n) is 3.75. The largest absolute Gasteiger partial charge is 0.361 e. The molecule has 1 aromatic carbocycles. The number of halogens is 3. The number of carbonyl (C=O) groups is 1. The van der Waals surface area contributed by atoms with Crippen LogP contribution in [0.2, 0.25) is 10.0 Å². The van der Waals surface area contributed by atoms with Crippen molar-refractivity contribution in [2.75, 3.05) is 5.32 Å². The van der Waals surface area contributed by atoms with Gasteiger partial charge in [0.05, 0.1) is 46.6 Å². The average Bonchev–Trinajstić information content (AvgIpc) is 3.36. The van der Waals surface area contributed by atoms with Crippen LogP contribution in [0.25, 0.3) is 0 Å². The fraction of sp³-hybridized carbons (Fsp3) is 0.304. The van der Waals surface area contributed by atoms with Gasteiger partial charge < -0.3 is 9.84 Å². The minimum absolute atomic E-state index is 0.161. The standard InChI is InChI=1S/C23H23Cl2FN6O2/c1-11-20(25)13(3)32(28-11)10-18-15(5)34-30-22(18)23(33)27-21-12(2)29-31(14(21)4)9-16-6-7-17(26)8-19(16)24/h6-8H,9-10H2,1-5H3,(H,27,33). The van der Waals surface area contributed by atoms with Gasteiger partial charge in [0.1, 0.15) is 11.6 Å². The Morgan fingerprint density at radius 2 is 1.71 bits per heavy atom. The Balaban J connectivity index is 1.59. The van der Waals surface area contributed by atoms with Gasteiger partial charge in [-0.05, 0) is 52.3 Å². The van der Waals surface area contributed by atoms with Gasteiger partial charge in [0.15, 0.2) is 5.69 Å². The topological polar surface area (TPSA) is 90.8 Å². The molecule has 11 heteroatoms. The molecule has 0 aliphatic rings. The summed E-state index contributed by atoms with van der Waals surface area (Å²) in [5, 5.41) is 16.7. The van der Waals surface area contributed by atoms with Crippen molar-refractivity contribution < 1.29 is 13.7 Å². The molecule has 0 radical (unpaired) electrons. The maximum absolute atomic E-state index is 13.4. The Kier molecular flexibility index (Phi) is 6.51. The zero-order valence-electron chi connectivity index (χ0n) is 19.3. The molecule has 0 spiro atoms. The number of nitrogens with zero attached hydrogens (tertiary/aromatic N) is 5. The summed E-state index contributed by atoms with van der Waals surface area (Å²) in [6.07, 6.45) is 0. The lowest BCUT2D eigenvalue weighted by Gasteiger charge is -2.09. The molecule has 1 N–H and O–H groups in total. The summed E-state index contributed by atoms with van der Waals surface area (Å²) in [6.45, 7) is 9.67. The molecule has 3 heterocycles. The number of carbonyl (C=O) groups excluding carboxylic acids is 1. The first-order valence-corrected chi connectivity index (χ1v) is 11.3. The molecule has 0 atom stereocenters. The van der Waals surface area contributed by atoms with Crippen molar-refractivity contribution in [2.45, 2.75) is 47.7 Å². The summed E-state index contributed by atoms with van der Waals surface area (Å²) >= 11 is 12.4. The summed E-state index contributed by atoms with van der Waals surface area (Å²) in [5.41, 5.74) is 4.88. The van der Waals surface area contributed by atoms with Crippen LogP contribution >= 0.6 is 23.2 Å². The lowest BCUT2D eigenvalue weighted by Crippen LogP contribution is -2.17. The summed E-state index contributed by atoms with van der Waals surface area (Å²) in [6, 6.07) is 4.22. The highest BCUT2D eigenvalue weighted by Gasteiger charge is 2.24. The molecule has 1 amide bonds. The zero-order valence-corrected chi connectivity index (χ0v) is 20.8. The Bertz CT molecular complexity index is 1410. The summed E-state index contributed by atoms with van der Waals surface area (Å²) < 4.78 is 22.1. The van der Waals surface area contributed by atoms with Crippen molar-refractivity contribution in [2.24, 2.45) is 0 Å².